The molecule has 0 saturated carbocycles. The Bertz CT molecular complexity index is 561. The Kier molecular flexibility index (Phi) is 3.71. The number of hydrogen-bond acceptors (Lipinski definition) is 5. The summed E-state index contributed by atoms with van der Waals surface area (Å²) in [5.74, 6) is 1.16. The Labute approximate surface area is 112 Å². The molecular weight excluding hydrogens is 242 g/mol. The summed E-state index contributed by atoms with van der Waals surface area (Å²) in [6, 6.07) is 0. The van der Waals surface area contributed by atoms with Crippen molar-refractivity contribution in [2.75, 3.05) is 11.9 Å². The summed E-state index contributed by atoms with van der Waals surface area (Å²) in [5, 5.41) is 18.5. The van der Waals surface area contributed by atoms with E-state index >= 15 is 0 Å². The number of aromatic nitrogens is 4. The lowest BCUT2D eigenvalue weighted by molar-refractivity contribution is 0.0515. The third-order valence-electron chi connectivity index (χ3n) is 3.01. The van der Waals surface area contributed by atoms with Crippen LogP contribution in [-0.4, -0.2) is 37.0 Å². The van der Waals surface area contributed by atoms with Crippen LogP contribution in [0.3, 0.4) is 0 Å². The minimum atomic E-state index is -0.756. The van der Waals surface area contributed by atoms with Gasteiger partial charge in [0, 0.05) is 13.6 Å². The molecule has 0 aliphatic heterocycles. The Morgan fingerprint density at radius 2 is 2.16 bits per heavy atom. The van der Waals surface area contributed by atoms with E-state index in [0.29, 0.717) is 18.3 Å². The molecule has 6 nitrogen and oxygen atoms in total. The molecule has 1 atom stereocenters. The highest BCUT2D eigenvalue weighted by atomic mass is 16.3. The van der Waals surface area contributed by atoms with Crippen molar-refractivity contribution in [2.45, 2.75) is 32.8 Å². The first-order valence-corrected chi connectivity index (χ1v) is 6.48. The van der Waals surface area contributed by atoms with Crippen LogP contribution in [-0.2, 0) is 7.05 Å². The number of nitrogens with zero attached hydrogens (tertiary/aromatic N) is 4. The molecule has 0 radical (unpaired) electrons. The maximum Gasteiger partial charge on any atom is 0.163 e. The zero-order chi connectivity index (χ0) is 14.0. The standard InChI is InChI=1S/C13H21N5O/c1-9(2)5-13(3,19)7-14-11-10-6-17-18(4)12(10)16-8-15-11/h6,8-9,19H,5,7H2,1-4H3,(H,14,15,16). The number of hydrogen-bond donors (Lipinski definition) is 2. The second-order valence-electron chi connectivity index (χ2n) is 5.68. The van der Waals surface area contributed by atoms with E-state index < -0.39 is 5.60 Å². The van der Waals surface area contributed by atoms with E-state index in [9.17, 15) is 5.11 Å². The van der Waals surface area contributed by atoms with Crippen molar-refractivity contribution in [1.82, 2.24) is 19.7 Å². The van der Waals surface area contributed by atoms with E-state index in [1.54, 1.807) is 10.9 Å². The monoisotopic (exact) mass is 263 g/mol. The lowest BCUT2D eigenvalue weighted by Gasteiger charge is -2.25. The first-order valence-electron chi connectivity index (χ1n) is 6.48. The fourth-order valence-electron chi connectivity index (χ4n) is 2.33. The van der Waals surface area contributed by atoms with Crippen LogP contribution < -0.4 is 5.32 Å². The van der Waals surface area contributed by atoms with Crippen LogP contribution in [0.2, 0.25) is 0 Å². The minimum Gasteiger partial charge on any atom is -0.388 e. The Balaban J connectivity index is 2.14. The maximum absolute atomic E-state index is 10.3. The molecule has 0 bridgehead atoms. The summed E-state index contributed by atoms with van der Waals surface area (Å²) in [4.78, 5) is 8.40. The van der Waals surface area contributed by atoms with E-state index in [1.165, 1.54) is 6.33 Å². The molecule has 6 heteroatoms. The molecule has 104 valence electrons. The molecule has 0 aliphatic rings. The molecule has 0 aromatic carbocycles. The van der Waals surface area contributed by atoms with E-state index in [0.717, 1.165) is 17.5 Å². The number of rotatable bonds is 5. The van der Waals surface area contributed by atoms with Gasteiger partial charge in [-0.15, -0.1) is 0 Å². The van der Waals surface area contributed by atoms with Gasteiger partial charge in [0.1, 0.15) is 12.1 Å². The molecule has 2 aromatic heterocycles. The third kappa shape index (κ3) is 3.20. The van der Waals surface area contributed by atoms with E-state index in [4.69, 9.17) is 0 Å². The third-order valence-corrected chi connectivity index (χ3v) is 3.01. The first kappa shape index (κ1) is 13.7. The average Bonchev–Trinajstić information content (AvgIpc) is 2.68. The van der Waals surface area contributed by atoms with Gasteiger partial charge in [-0.3, -0.25) is 4.68 Å². The summed E-state index contributed by atoms with van der Waals surface area (Å²) in [6.07, 6.45) is 3.97. The highest BCUT2D eigenvalue weighted by Crippen LogP contribution is 2.21. The van der Waals surface area contributed by atoms with Crippen LogP contribution in [0.25, 0.3) is 11.0 Å². The molecule has 0 saturated heterocycles. The lowest BCUT2D eigenvalue weighted by Crippen LogP contribution is -2.35. The van der Waals surface area contributed by atoms with Crippen LogP contribution in [0, 0.1) is 5.92 Å². The Morgan fingerprint density at radius 3 is 2.84 bits per heavy atom. The van der Waals surface area contributed by atoms with Crippen molar-refractivity contribution in [3.05, 3.63) is 12.5 Å². The van der Waals surface area contributed by atoms with Gasteiger partial charge < -0.3 is 10.4 Å². The highest BCUT2D eigenvalue weighted by molar-refractivity contribution is 5.85. The molecule has 2 N–H and O–H groups in total. The number of anilines is 1. The van der Waals surface area contributed by atoms with Crippen molar-refractivity contribution in [3.63, 3.8) is 0 Å². The van der Waals surface area contributed by atoms with Crippen LogP contribution in [0.4, 0.5) is 5.82 Å². The predicted molar refractivity (Wildman–Crippen MR) is 74.9 cm³/mol. The largest absolute Gasteiger partial charge is 0.388 e. The molecule has 2 heterocycles. The van der Waals surface area contributed by atoms with Crippen molar-refractivity contribution in [3.8, 4) is 0 Å². The van der Waals surface area contributed by atoms with Crippen molar-refractivity contribution >= 4 is 16.9 Å². The fourth-order valence-corrected chi connectivity index (χ4v) is 2.33. The molecule has 2 aromatic rings. The van der Waals surface area contributed by atoms with Gasteiger partial charge in [-0.05, 0) is 19.3 Å². The summed E-state index contributed by atoms with van der Waals surface area (Å²) in [5.41, 5.74) is 0.0224. The SMILES string of the molecule is CC(C)CC(C)(O)CNc1ncnc2c1cnn2C. The van der Waals surface area contributed by atoms with Crippen molar-refractivity contribution in [2.24, 2.45) is 13.0 Å². The van der Waals surface area contributed by atoms with Gasteiger partial charge in [-0.2, -0.15) is 5.10 Å². The van der Waals surface area contributed by atoms with Gasteiger partial charge in [0.05, 0.1) is 17.2 Å². The lowest BCUT2D eigenvalue weighted by atomic mass is 9.94. The number of aryl methyl sites for hydroxylation is 1. The fraction of sp³-hybridized carbons (Fsp3) is 0.615. The quantitative estimate of drug-likeness (QED) is 0.856. The molecule has 0 aliphatic carbocycles. The topological polar surface area (TPSA) is 75.9 Å². The summed E-state index contributed by atoms with van der Waals surface area (Å²) in [7, 11) is 1.84. The van der Waals surface area contributed by atoms with Gasteiger partial charge in [0.2, 0.25) is 0 Å². The molecule has 0 amide bonds. The molecular formula is C13H21N5O. The van der Waals surface area contributed by atoms with Gasteiger partial charge in [0.25, 0.3) is 0 Å². The van der Waals surface area contributed by atoms with Crippen molar-refractivity contribution < 1.29 is 5.11 Å². The van der Waals surface area contributed by atoms with Gasteiger partial charge in [-0.25, -0.2) is 9.97 Å². The minimum absolute atomic E-state index is 0.445. The van der Waals surface area contributed by atoms with Crippen LogP contribution >= 0.6 is 0 Å². The zero-order valence-electron chi connectivity index (χ0n) is 11.9. The normalized spacial score (nSPS) is 14.8. The molecule has 0 spiro atoms. The van der Waals surface area contributed by atoms with Gasteiger partial charge in [-0.1, -0.05) is 13.8 Å². The van der Waals surface area contributed by atoms with E-state index in [1.807, 2.05) is 14.0 Å². The smallest absolute Gasteiger partial charge is 0.163 e. The first-order chi connectivity index (χ1) is 8.89. The highest BCUT2D eigenvalue weighted by Gasteiger charge is 2.22. The number of fused-ring (bicyclic) bond motifs is 1. The number of nitrogens with one attached hydrogen (secondary N) is 1. The summed E-state index contributed by atoms with van der Waals surface area (Å²) < 4.78 is 1.70. The molecule has 0 fully saturated rings. The van der Waals surface area contributed by atoms with Crippen molar-refractivity contribution in [1.29, 1.82) is 0 Å². The zero-order valence-corrected chi connectivity index (χ0v) is 11.9. The summed E-state index contributed by atoms with van der Waals surface area (Å²) >= 11 is 0. The van der Waals surface area contributed by atoms with Crippen LogP contribution in [0.5, 0.6) is 0 Å². The average molecular weight is 263 g/mol. The van der Waals surface area contributed by atoms with Crippen LogP contribution in [0.1, 0.15) is 27.2 Å². The maximum atomic E-state index is 10.3. The van der Waals surface area contributed by atoms with E-state index in [2.05, 4.69) is 34.2 Å². The Hall–Kier alpha value is -1.69. The second-order valence-corrected chi connectivity index (χ2v) is 5.68. The number of aliphatic hydroxyl groups is 1. The molecule has 19 heavy (non-hydrogen) atoms. The Morgan fingerprint density at radius 1 is 1.42 bits per heavy atom. The molecule has 2 rings (SSSR count). The second kappa shape index (κ2) is 5.13. The summed E-state index contributed by atoms with van der Waals surface area (Å²) in [6.45, 7) is 6.48. The van der Waals surface area contributed by atoms with Gasteiger partial charge >= 0.3 is 0 Å². The van der Waals surface area contributed by atoms with E-state index in [-0.39, 0.29) is 0 Å². The van der Waals surface area contributed by atoms with Crippen LogP contribution in [0.15, 0.2) is 12.5 Å². The molecule has 1 unspecified atom stereocenters. The van der Waals surface area contributed by atoms with Gasteiger partial charge in [0.15, 0.2) is 5.65 Å². The predicted octanol–water partition coefficient (Wildman–Crippen LogP) is 1.57.